The monoisotopic (exact) mass is 466 g/mol. The van der Waals surface area contributed by atoms with Crippen molar-refractivity contribution in [1.29, 1.82) is 0 Å². The predicted octanol–water partition coefficient (Wildman–Crippen LogP) is 0.166. The van der Waals surface area contributed by atoms with Crippen molar-refractivity contribution in [1.82, 2.24) is 19.4 Å². The molecule has 2 aliphatic heterocycles. The molecule has 1 unspecified atom stereocenters. The number of morpholine rings is 1. The van der Waals surface area contributed by atoms with E-state index in [4.69, 9.17) is 4.74 Å². The first-order chi connectivity index (χ1) is 15.3. The lowest BCUT2D eigenvalue weighted by atomic mass is 10.1. The van der Waals surface area contributed by atoms with Crippen LogP contribution in [-0.4, -0.2) is 101 Å². The molecular formula is C22H34N4O5S. The number of benzene rings is 1. The third-order valence-corrected chi connectivity index (χ3v) is 7.78. The zero-order valence-electron chi connectivity index (χ0n) is 19.0. The average Bonchev–Trinajstić information content (AvgIpc) is 3.15. The highest BCUT2D eigenvalue weighted by atomic mass is 32.2. The molecule has 2 fully saturated rings. The van der Waals surface area contributed by atoms with Gasteiger partial charge in [0.05, 0.1) is 24.0 Å². The molecule has 2 saturated heterocycles. The van der Waals surface area contributed by atoms with Crippen molar-refractivity contribution in [3.8, 4) is 0 Å². The van der Waals surface area contributed by atoms with Crippen LogP contribution in [0.15, 0.2) is 29.2 Å². The Morgan fingerprint density at radius 2 is 1.88 bits per heavy atom. The molecule has 32 heavy (non-hydrogen) atoms. The van der Waals surface area contributed by atoms with Crippen LogP contribution in [0, 0.1) is 5.92 Å². The number of hydrogen-bond acceptors (Lipinski definition) is 6. The fourth-order valence-corrected chi connectivity index (χ4v) is 5.39. The van der Waals surface area contributed by atoms with Crippen molar-refractivity contribution < 1.29 is 22.7 Å². The van der Waals surface area contributed by atoms with Gasteiger partial charge in [0, 0.05) is 39.1 Å². The quantitative estimate of drug-likeness (QED) is 0.528. The zero-order valence-corrected chi connectivity index (χ0v) is 19.8. The second-order valence-corrected chi connectivity index (χ2v) is 10.5. The van der Waals surface area contributed by atoms with Crippen LogP contribution in [0.2, 0.25) is 0 Å². The molecule has 0 aliphatic carbocycles. The fraction of sp³-hybridized carbons (Fsp3) is 0.636. The number of nitrogens with one attached hydrogen (secondary N) is 1. The molecule has 2 aliphatic rings. The minimum atomic E-state index is -3.50. The lowest BCUT2D eigenvalue weighted by molar-refractivity contribution is -0.129. The van der Waals surface area contributed by atoms with Crippen molar-refractivity contribution in [2.24, 2.45) is 5.92 Å². The molecule has 9 nitrogen and oxygen atoms in total. The van der Waals surface area contributed by atoms with Crippen molar-refractivity contribution in [2.45, 2.75) is 24.2 Å². The number of hydrogen-bond donors (Lipinski definition) is 1. The van der Waals surface area contributed by atoms with E-state index in [-0.39, 0.29) is 29.0 Å². The van der Waals surface area contributed by atoms with Gasteiger partial charge in [-0.3, -0.25) is 9.59 Å². The van der Waals surface area contributed by atoms with E-state index in [0.717, 1.165) is 18.5 Å². The van der Waals surface area contributed by atoms with Crippen LogP contribution in [0.3, 0.4) is 0 Å². The first-order valence-corrected chi connectivity index (χ1v) is 12.6. The van der Waals surface area contributed by atoms with Crippen LogP contribution in [0.4, 0.5) is 0 Å². The molecule has 1 aromatic rings. The Morgan fingerprint density at radius 3 is 2.53 bits per heavy atom. The first kappa shape index (κ1) is 24.6. The molecule has 0 radical (unpaired) electrons. The standard InChI is InChI=1S/C22H34N4O5S/c1-24(2)10-3-11-25-17-19(16-21(25)27)22(28)23-9-8-18-4-6-20(7-5-18)32(29,30)26-12-14-31-15-13-26/h4-7,19H,3,8-17H2,1-2H3,(H,23,28). The molecule has 1 atom stereocenters. The average molecular weight is 467 g/mol. The summed E-state index contributed by atoms with van der Waals surface area (Å²) in [5.41, 5.74) is 0.944. The zero-order chi connectivity index (χ0) is 23.1. The fourth-order valence-electron chi connectivity index (χ4n) is 3.98. The minimum Gasteiger partial charge on any atom is -0.379 e. The van der Waals surface area contributed by atoms with Gasteiger partial charge in [-0.2, -0.15) is 4.31 Å². The molecule has 2 heterocycles. The summed E-state index contributed by atoms with van der Waals surface area (Å²) >= 11 is 0. The summed E-state index contributed by atoms with van der Waals surface area (Å²) in [6.07, 6.45) is 1.75. The lowest BCUT2D eigenvalue weighted by Crippen LogP contribution is -2.40. The maximum absolute atomic E-state index is 12.7. The Balaban J connectivity index is 1.43. The molecule has 178 valence electrons. The maximum Gasteiger partial charge on any atom is 0.243 e. The number of carbonyl (C=O) groups is 2. The number of sulfonamides is 1. The van der Waals surface area contributed by atoms with Crippen LogP contribution < -0.4 is 5.32 Å². The van der Waals surface area contributed by atoms with Gasteiger partial charge in [-0.05, 0) is 51.2 Å². The number of carbonyl (C=O) groups excluding carboxylic acids is 2. The number of rotatable bonds is 10. The smallest absolute Gasteiger partial charge is 0.243 e. The Hall–Kier alpha value is -2.01. The van der Waals surface area contributed by atoms with Gasteiger partial charge in [-0.1, -0.05) is 12.1 Å². The Morgan fingerprint density at radius 1 is 1.19 bits per heavy atom. The van der Waals surface area contributed by atoms with E-state index in [1.165, 1.54) is 4.31 Å². The van der Waals surface area contributed by atoms with Crippen molar-refractivity contribution in [3.63, 3.8) is 0 Å². The summed E-state index contributed by atoms with van der Waals surface area (Å²) in [7, 11) is 0.496. The molecule has 0 saturated carbocycles. The van der Waals surface area contributed by atoms with Gasteiger partial charge < -0.3 is 19.9 Å². The molecule has 1 aromatic carbocycles. The SMILES string of the molecule is CN(C)CCCN1CC(C(=O)NCCc2ccc(S(=O)(=O)N3CCOCC3)cc2)CC1=O. The highest BCUT2D eigenvalue weighted by Gasteiger charge is 2.33. The van der Waals surface area contributed by atoms with E-state index in [0.29, 0.717) is 52.4 Å². The second kappa shape index (κ2) is 11.2. The number of nitrogens with zero attached hydrogens (tertiary/aromatic N) is 3. The van der Waals surface area contributed by atoms with Gasteiger partial charge in [0.25, 0.3) is 0 Å². The van der Waals surface area contributed by atoms with E-state index in [1.807, 2.05) is 14.1 Å². The molecular weight excluding hydrogens is 432 g/mol. The summed E-state index contributed by atoms with van der Waals surface area (Å²) in [4.78, 5) is 28.8. The molecule has 3 rings (SSSR count). The summed E-state index contributed by atoms with van der Waals surface area (Å²) in [6, 6.07) is 6.79. The van der Waals surface area contributed by atoms with Gasteiger partial charge in [-0.15, -0.1) is 0 Å². The van der Waals surface area contributed by atoms with Gasteiger partial charge in [0.2, 0.25) is 21.8 Å². The number of likely N-dealkylation sites (tertiary alicyclic amines) is 1. The molecule has 0 spiro atoms. The van der Waals surface area contributed by atoms with E-state index >= 15 is 0 Å². The molecule has 2 amide bonds. The molecule has 10 heteroatoms. The maximum atomic E-state index is 12.7. The molecule has 0 aromatic heterocycles. The van der Waals surface area contributed by atoms with Gasteiger partial charge in [0.15, 0.2) is 0 Å². The van der Waals surface area contributed by atoms with Crippen molar-refractivity contribution in [3.05, 3.63) is 29.8 Å². The predicted molar refractivity (Wildman–Crippen MR) is 121 cm³/mol. The van der Waals surface area contributed by atoms with Crippen LogP contribution in [0.5, 0.6) is 0 Å². The van der Waals surface area contributed by atoms with Gasteiger partial charge >= 0.3 is 0 Å². The highest BCUT2D eigenvalue weighted by molar-refractivity contribution is 7.89. The van der Waals surface area contributed by atoms with E-state index in [1.54, 1.807) is 29.2 Å². The Bertz CT molecular complexity index is 882. The van der Waals surface area contributed by atoms with E-state index in [9.17, 15) is 18.0 Å². The third kappa shape index (κ3) is 6.50. The van der Waals surface area contributed by atoms with Crippen LogP contribution >= 0.6 is 0 Å². The van der Waals surface area contributed by atoms with E-state index in [2.05, 4.69) is 10.2 Å². The van der Waals surface area contributed by atoms with Gasteiger partial charge in [-0.25, -0.2) is 8.42 Å². The van der Waals surface area contributed by atoms with Crippen LogP contribution in [-0.2, 0) is 30.8 Å². The normalized spacial score (nSPS) is 20.2. The number of amides is 2. The Kier molecular flexibility index (Phi) is 8.64. The summed E-state index contributed by atoms with van der Waals surface area (Å²) in [6.45, 7) is 4.08. The summed E-state index contributed by atoms with van der Waals surface area (Å²) in [5.74, 6) is -0.358. The van der Waals surface area contributed by atoms with Gasteiger partial charge in [0.1, 0.15) is 0 Å². The summed E-state index contributed by atoms with van der Waals surface area (Å²) in [5, 5.41) is 2.92. The second-order valence-electron chi connectivity index (χ2n) is 8.60. The topological polar surface area (TPSA) is 99.3 Å². The number of ether oxygens (including phenoxy) is 1. The third-order valence-electron chi connectivity index (χ3n) is 5.86. The highest BCUT2D eigenvalue weighted by Crippen LogP contribution is 2.19. The minimum absolute atomic E-state index is 0.0426. The first-order valence-electron chi connectivity index (χ1n) is 11.1. The van der Waals surface area contributed by atoms with Crippen molar-refractivity contribution >= 4 is 21.8 Å². The molecule has 0 bridgehead atoms. The van der Waals surface area contributed by atoms with Crippen LogP contribution in [0.25, 0.3) is 0 Å². The Labute approximate surface area is 190 Å². The van der Waals surface area contributed by atoms with Crippen molar-refractivity contribution in [2.75, 3.05) is 66.6 Å². The molecule has 1 N–H and O–H groups in total. The van der Waals surface area contributed by atoms with Crippen LogP contribution in [0.1, 0.15) is 18.4 Å². The lowest BCUT2D eigenvalue weighted by Gasteiger charge is -2.26. The summed E-state index contributed by atoms with van der Waals surface area (Å²) < 4.78 is 32.0. The largest absolute Gasteiger partial charge is 0.379 e. The van der Waals surface area contributed by atoms with E-state index < -0.39 is 10.0 Å².